The van der Waals surface area contributed by atoms with E-state index in [0.29, 0.717) is 5.92 Å². The topological polar surface area (TPSA) is 46.2 Å². The average Bonchev–Trinajstić information content (AvgIpc) is 2.24. The lowest BCUT2D eigenvalue weighted by molar-refractivity contribution is -0.0558. The largest absolute Gasteiger partial charge is 0.383 e. The molecule has 2 rings (SSSR count). The summed E-state index contributed by atoms with van der Waals surface area (Å²) in [6.07, 6.45) is 3.88. The molecule has 1 atom stereocenters. The molecule has 2 heteroatoms. The van der Waals surface area contributed by atoms with E-state index in [2.05, 4.69) is 18.2 Å². The molecule has 1 aromatic rings. The van der Waals surface area contributed by atoms with Crippen molar-refractivity contribution in [1.29, 1.82) is 0 Å². The predicted molar refractivity (Wildman–Crippen MR) is 75.4 cm³/mol. The second kappa shape index (κ2) is 4.67. The van der Waals surface area contributed by atoms with Gasteiger partial charge in [-0.3, -0.25) is 0 Å². The monoisotopic (exact) mass is 247 g/mol. The van der Waals surface area contributed by atoms with Crippen molar-refractivity contribution in [2.24, 2.45) is 11.1 Å². The summed E-state index contributed by atoms with van der Waals surface area (Å²) in [4.78, 5) is 0. The van der Waals surface area contributed by atoms with Crippen LogP contribution in [0, 0.1) is 5.41 Å². The maximum atomic E-state index is 10.9. The highest BCUT2D eigenvalue weighted by Crippen LogP contribution is 2.41. The van der Waals surface area contributed by atoms with Crippen LogP contribution in [0.15, 0.2) is 24.3 Å². The van der Waals surface area contributed by atoms with Gasteiger partial charge in [0, 0.05) is 6.54 Å². The standard InChI is InChI=1S/C16H25NO/c1-15(2,3)16(18,11-17)14-9-5-8-13(10-14)12-6-4-7-12/h5,8-10,12,18H,4,6-7,11,17H2,1-3H3. The van der Waals surface area contributed by atoms with Crippen LogP contribution >= 0.6 is 0 Å². The van der Waals surface area contributed by atoms with Crippen molar-refractivity contribution >= 4 is 0 Å². The smallest absolute Gasteiger partial charge is 0.107 e. The maximum Gasteiger partial charge on any atom is 0.107 e. The van der Waals surface area contributed by atoms with Gasteiger partial charge in [0.2, 0.25) is 0 Å². The van der Waals surface area contributed by atoms with Crippen molar-refractivity contribution in [3.63, 3.8) is 0 Å². The van der Waals surface area contributed by atoms with Crippen LogP contribution in [-0.2, 0) is 5.60 Å². The third-order valence-electron chi connectivity index (χ3n) is 4.48. The van der Waals surface area contributed by atoms with E-state index >= 15 is 0 Å². The normalized spacial score (nSPS) is 20.3. The minimum absolute atomic E-state index is 0.255. The maximum absolute atomic E-state index is 10.9. The Kier molecular flexibility index (Phi) is 3.52. The van der Waals surface area contributed by atoms with Crippen molar-refractivity contribution in [2.75, 3.05) is 6.54 Å². The molecule has 0 amide bonds. The fourth-order valence-electron chi connectivity index (χ4n) is 2.65. The highest BCUT2D eigenvalue weighted by molar-refractivity contribution is 5.33. The lowest BCUT2D eigenvalue weighted by Crippen LogP contribution is -2.46. The lowest BCUT2D eigenvalue weighted by Gasteiger charge is -2.40. The molecular weight excluding hydrogens is 222 g/mol. The van der Waals surface area contributed by atoms with E-state index in [1.165, 1.54) is 24.8 Å². The van der Waals surface area contributed by atoms with Gasteiger partial charge < -0.3 is 10.8 Å². The van der Waals surface area contributed by atoms with Gasteiger partial charge in [0.15, 0.2) is 0 Å². The second-order valence-electron chi connectivity index (χ2n) is 6.57. The molecule has 18 heavy (non-hydrogen) atoms. The number of rotatable bonds is 3. The van der Waals surface area contributed by atoms with Gasteiger partial charge in [-0.15, -0.1) is 0 Å². The number of nitrogens with two attached hydrogens (primary N) is 1. The van der Waals surface area contributed by atoms with Crippen LogP contribution in [0.1, 0.15) is 57.1 Å². The van der Waals surface area contributed by atoms with Crippen molar-refractivity contribution in [3.8, 4) is 0 Å². The van der Waals surface area contributed by atoms with E-state index < -0.39 is 5.60 Å². The van der Waals surface area contributed by atoms with Crippen LogP contribution < -0.4 is 5.73 Å². The molecule has 0 radical (unpaired) electrons. The van der Waals surface area contributed by atoms with Gasteiger partial charge in [0.1, 0.15) is 5.60 Å². The van der Waals surface area contributed by atoms with Crippen LogP contribution in [-0.4, -0.2) is 11.7 Å². The minimum atomic E-state index is -0.952. The van der Waals surface area contributed by atoms with Gasteiger partial charge in [-0.1, -0.05) is 51.5 Å². The van der Waals surface area contributed by atoms with E-state index in [9.17, 15) is 5.11 Å². The van der Waals surface area contributed by atoms with Gasteiger partial charge in [-0.25, -0.2) is 0 Å². The van der Waals surface area contributed by atoms with Gasteiger partial charge >= 0.3 is 0 Å². The molecule has 3 N–H and O–H groups in total. The summed E-state index contributed by atoms with van der Waals surface area (Å²) in [7, 11) is 0. The number of aliphatic hydroxyl groups is 1. The summed E-state index contributed by atoms with van der Waals surface area (Å²) in [5, 5.41) is 10.9. The van der Waals surface area contributed by atoms with Crippen molar-refractivity contribution < 1.29 is 5.11 Å². The van der Waals surface area contributed by atoms with Crippen molar-refractivity contribution in [1.82, 2.24) is 0 Å². The Morgan fingerprint density at radius 2 is 1.94 bits per heavy atom. The molecule has 1 fully saturated rings. The first-order chi connectivity index (χ1) is 8.38. The van der Waals surface area contributed by atoms with Gasteiger partial charge in [0.25, 0.3) is 0 Å². The SMILES string of the molecule is CC(C)(C)C(O)(CN)c1cccc(C2CCC2)c1. The summed E-state index contributed by atoms with van der Waals surface area (Å²) in [6, 6.07) is 8.38. The molecule has 0 aromatic heterocycles. The Labute approximate surface area is 110 Å². The average molecular weight is 247 g/mol. The van der Waals surface area contributed by atoms with Crippen LogP contribution in [0.3, 0.4) is 0 Å². The molecule has 1 aliphatic carbocycles. The predicted octanol–water partition coefficient (Wildman–Crippen LogP) is 3.15. The summed E-state index contributed by atoms with van der Waals surface area (Å²) in [6.45, 7) is 6.37. The molecule has 0 bridgehead atoms. The van der Waals surface area contributed by atoms with Crippen LogP contribution in [0.2, 0.25) is 0 Å². The molecular formula is C16H25NO. The Hall–Kier alpha value is -0.860. The molecule has 0 spiro atoms. The summed E-state index contributed by atoms with van der Waals surface area (Å²) < 4.78 is 0. The molecule has 0 saturated heterocycles. The molecule has 2 nitrogen and oxygen atoms in total. The molecule has 1 aliphatic rings. The fourth-order valence-corrected chi connectivity index (χ4v) is 2.65. The van der Waals surface area contributed by atoms with E-state index in [0.717, 1.165) is 5.56 Å². The lowest BCUT2D eigenvalue weighted by atomic mass is 9.71. The number of hydrogen-bond donors (Lipinski definition) is 2. The fraction of sp³-hybridized carbons (Fsp3) is 0.625. The first-order valence-electron chi connectivity index (χ1n) is 6.91. The molecule has 0 heterocycles. The Morgan fingerprint density at radius 3 is 2.39 bits per heavy atom. The Balaban J connectivity index is 2.36. The zero-order chi connectivity index (χ0) is 13.4. The van der Waals surface area contributed by atoms with Crippen LogP contribution in [0.4, 0.5) is 0 Å². The molecule has 1 aromatic carbocycles. The number of benzene rings is 1. The Morgan fingerprint density at radius 1 is 1.28 bits per heavy atom. The van der Waals surface area contributed by atoms with Crippen molar-refractivity contribution in [3.05, 3.63) is 35.4 Å². The third-order valence-corrected chi connectivity index (χ3v) is 4.48. The van der Waals surface area contributed by atoms with E-state index in [1.54, 1.807) is 0 Å². The second-order valence-corrected chi connectivity index (χ2v) is 6.57. The highest BCUT2D eigenvalue weighted by Gasteiger charge is 2.40. The summed E-state index contributed by atoms with van der Waals surface area (Å²) in [5.41, 5.74) is 6.95. The minimum Gasteiger partial charge on any atom is -0.383 e. The molecule has 0 aliphatic heterocycles. The third kappa shape index (κ3) is 2.19. The zero-order valence-corrected chi connectivity index (χ0v) is 11.7. The summed E-state index contributed by atoms with van der Waals surface area (Å²) in [5.74, 6) is 0.687. The van der Waals surface area contributed by atoms with Gasteiger partial charge in [-0.2, -0.15) is 0 Å². The number of hydrogen-bond acceptors (Lipinski definition) is 2. The first-order valence-corrected chi connectivity index (χ1v) is 6.91. The van der Waals surface area contributed by atoms with E-state index in [-0.39, 0.29) is 12.0 Å². The van der Waals surface area contributed by atoms with E-state index in [1.807, 2.05) is 26.8 Å². The first kappa shape index (κ1) is 13.6. The van der Waals surface area contributed by atoms with Crippen LogP contribution in [0.5, 0.6) is 0 Å². The summed E-state index contributed by atoms with van der Waals surface area (Å²) >= 11 is 0. The van der Waals surface area contributed by atoms with Crippen molar-refractivity contribution in [2.45, 2.75) is 51.6 Å². The van der Waals surface area contributed by atoms with Gasteiger partial charge in [-0.05, 0) is 35.3 Å². The molecule has 100 valence electrons. The van der Waals surface area contributed by atoms with Crippen LogP contribution in [0.25, 0.3) is 0 Å². The molecule has 1 unspecified atom stereocenters. The molecule has 1 saturated carbocycles. The van der Waals surface area contributed by atoms with Gasteiger partial charge in [0.05, 0.1) is 0 Å². The zero-order valence-electron chi connectivity index (χ0n) is 11.7. The highest BCUT2D eigenvalue weighted by atomic mass is 16.3. The van der Waals surface area contributed by atoms with E-state index in [4.69, 9.17) is 5.73 Å². The Bertz CT molecular complexity index is 417. The quantitative estimate of drug-likeness (QED) is 0.862.